The maximum atomic E-state index is 12.1. The molecule has 0 saturated heterocycles. The second kappa shape index (κ2) is 6.43. The minimum Gasteiger partial charge on any atom is -0.494 e. The van der Waals surface area contributed by atoms with Crippen LogP contribution in [-0.2, 0) is 0 Å². The molecule has 2 aromatic carbocycles. The molecule has 1 amide bonds. The van der Waals surface area contributed by atoms with Crippen LogP contribution in [0.1, 0.15) is 17.3 Å². The van der Waals surface area contributed by atoms with Crippen LogP contribution >= 0.6 is 15.9 Å². The van der Waals surface area contributed by atoms with Gasteiger partial charge in [-0.1, -0.05) is 6.07 Å². The highest BCUT2D eigenvalue weighted by Crippen LogP contribution is 2.22. The quantitative estimate of drug-likeness (QED) is 0.838. The fourth-order valence-corrected chi connectivity index (χ4v) is 1.97. The SMILES string of the molecule is CCOc1cccc(NC(=O)c2ccc(Br)c(N)c2)c1. The number of halogens is 1. The Bertz CT molecular complexity index is 629. The Kier molecular flexibility index (Phi) is 4.63. The van der Waals surface area contributed by atoms with Crippen LogP contribution in [0.3, 0.4) is 0 Å². The van der Waals surface area contributed by atoms with Crippen LogP contribution in [0.2, 0.25) is 0 Å². The van der Waals surface area contributed by atoms with Gasteiger partial charge in [-0.3, -0.25) is 4.79 Å². The average Bonchev–Trinajstić information content (AvgIpc) is 2.42. The molecule has 5 heteroatoms. The molecule has 2 aromatic rings. The number of carbonyl (C=O) groups is 1. The monoisotopic (exact) mass is 334 g/mol. The molecule has 104 valence electrons. The molecule has 20 heavy (non-hydrogen) atoms. The minimum atomic E-state index is -0.210. The largest absolute Gasteiger partial charge is 0.494 e. The molecule has 4 nitrogen and oxygen atoms in total. The van der Waals surface area contributed by atoms with Gasteiger partial charge in [0.15, 0.2) is 0 Å². The smallest absolute Gasteiger partial charge is 0.255 e. The standard InChI is InChI=1S/C15H15BrN2O2/c1-2-20-12-5-3-4-11(9-12)18-15(19)10-6-7-13(16)14(17)8-10/h3-9H,2,17H2,1H3,(H,18,19). The van der Waals surface area contributed by atoms with E-state index in [0.29, 0.717) is 23.5 Å². The third-order valence-corrected chi connectivity index (χ3v) is 3.38. The Balaban J connectivity index is 2.14. The number of hydrogen-bond acceptors (Lipinski definition) is 3. The van der Waals surface area contributed by atoms with Crippen molar-refractivity contribution in [1.29, 1.82) is 0 Å². The molecule has 0 aliphatic rings. The van der Waals surface area contributed by atoms with Crippen molar-refractivity contribution < 1.29 is 9.53 Å². The molecule has 0 aliphatic carbocycles. The zero-order valence-electron chi connectivity index (χ0n) is 11.0. The summed E-state index contributed by atoms with van der Waals surface area (Å²) >= 11 is 3.30. The second-order valence-corrected chi connectivity index (χ2v) is 5.01. The predicted octanol–water partition coefficient (Wildman–Crippen LogP) is 3.68. The van der Waals surface area contributed by atoms with Crippen LogP contribution in [-0.4, -0.2) is 12.5 Å². The molecular weight excluding hydrogens is 320 g/mol. The summed E-state index contributed by atoms with van der Waals surface area (Å²) in [6.07, 6.45) is 0. The topological polar surface area (TPSA) is 64.3 Å². The molecule has 0 fully saturated rings. The molecule has 0 heterocycles. The molecule has 0 saturated carbocycles. The van der Waals surface area contributed by atoms with Gasteiger partial charge in [-0.15, -0.1) is 0 Å². The summed E-state index contributed by atoms with van der Waals surface area (Å²) in [6.45, 7) is 2.50. The first kappa shape index (κ1) is 14.4. The second-order valence-electron chi connectivity index (χ2n) is 4.15. The van der Waals surface area contributed by atoms with E-state index in [2.05, 4.69) is 21.2 Å². The number of rotatable bonds is 4. The molecule has 0 spiro atoms. The summed E-state index contributed by atoms with van der Waals surface area (Å²) in [7, 11) is 0. The first-order valence-electron chi connectivity index (χ1n) is 6.19. The van der Waals surface area contributed by atoms with Gasteiger partial charge in [0, 0.05) is 27.5 Å². The first-order valence-corrected chi connectivity index (χ1v) is 6.98. The van der Waals surface area contributed by atoms with Crippen LogP contribution in [0, 0.1) is 0 Å². The number of anilines is 2. The third kappa shape index (κ3) is 3.51. The lowest BCUT2D eigenvalue weighted by molar-refractivity contribution is 0.102. The van der Waals surface area contributed by atoms with E-state index < -0.39 is 0 Å². The van der Waals surface area contributed by atoms with Crippen LogP contribution in [0.15, 0.2) is 46.9 Å². The Hall–Kier alpha value is -2.01. The number of carbonyl (C=O) groups excluding carboxylic acids is 1. The van der Waals surface area contributed by atoms with Crippen molar-refractivity contribution in [1.82, 2.24) is 0 Å². The zero-order valence-corrected chi connectivity index (χ0v) is 12.6. The number of nitrogens with one attached hydrogen (secondary N) is 1. The molecule has 0 unspecified atom stereocenters. The van der Waals surface area contributed by atoms with Gasteiger partial charge in [0.2, 0.25) is 0 Å². The maximum Gasteiger partial charge on any atom is 0.255 e. The fraction of sp³-hybridized carbons (Fsp3) is 0.133. The molecular formula is C15H15BrN2O2. The van der Waals surface area contributed by atoms with Crippen LogP contribution < -0.4 is 15.8 Å². The van der Waals surface area contributed by atoms with Crippen molar-refractivity contribution in [2.45, 2.75) is 6.92 Å². The molecule has 0 aromatic heterocycles. The van der Waals surface area contributed by atoms with Crippen molar-refractivity contribution in [2.75, 3.05) is 17.7 Å². The van der Waals surface area contributed by atoms with Crippen LogP contribution in [0.25, 0.3) is 0 Å². The number of benzene rings is 2. The Morgan fingerprint density at radius 2 is 2.10 bits per heavy atom. The number of ether oxygens (including phenoxy) is 1. The number of amides is 1. The zero-order chi connectivity index (χ0) is 14.5. The first-order chi connectivity index (χ1) is 9.60. The van der Waals surface area contributed by atoms with Crippen molar-refractivity contribution in [3.8, 4) is 5.75 Å². The Morgan fingerprint density at radius 1 is 1.30 bits per heavy atom. The molecule has 0 aliphatic heterocycles. The molecule has 2 rings (SSSR count). The van der Waals surface area contributed by atoms with E-state index in [-0.39, 0.29) is 5.91 Å². The van der Waals surface area contributed by atoms with Gasteiger partial charge in [-0.25, -0.2) is 0 Å². The van der Waals surface area contributed by atoms with Crippen molar-refractivity contribution >= 4 is 33.2 Å². The summed E-state index contributed by atoms with van der Waals surface area (Å²) in [5, 5.41) is 2.81. The summed E-state index contributed by atoms with van der Waals surface area (Å²) in [5.41, 5.74) is 7.49. The highest BCUT2D eigenvalue weighted by molar-refractivity contribution is 9.10. The molecule has 0 radical (unpaired) electrons. The van der Waals surface area contributed by atoms with Gasteiger partial charge in [0.25, 0.3) is 5.91 Å². The third-order valence-electron chi connectivity index (χ3n) is 2.66. The van der Waals surface area contributed by atoms with E-state index in [9.17, 15) is 4.79 Å². The van der Waals surface area contributed by atoms with E-state index in [0.717, 1.165) is 10.2 Å². The summed E-state index contributed by atoms with van der Waals surface area (Å²) in [6, 6.07) is 12.4. The molecule has 3 N–H and O–H groups in total. The van der Waals surface area contributed by atoms with E-state index >= 15 is 0 Å². The summed E-state index contributed by atoms with van der Waals surface area (Å²) < 4.78 is 6.16. The lowest BCUT2D eigenvalue weighted by Gasteiger charge is -2.08. The molecule has 0 bridgehead atoms. The lowest BCUT2D eigenvalue weighted by Crippen LogP contribution is -2.12. The number of nitrogens with two attached hydrogens (primary N) is 1. The highest BCUT2D eigenvalue weighted by atomic mass is 79.9. The number of nitrogen functional groups attached to an aromatic ring is 1. The maximum absolute atomic E-state index is 12.1. The van der Waals surface area contributed by atoms with Gasteiger partial charge in [0.1, 0.15) is 5.75 Å². The van der Waals surface area contributed by atoms with E-state index in [1.165, 1.54) is 0 Å². The van der Waals surface area contributed by atoms with Crippen molar-refractivity contribution in [3.63, 3.8) is 0 Å². The summed E-state index contributed by atoms with van der Waals surface area (Å²) in [4.78, 5) is 12.1. The normalized spacial score (nSPS) is 10.1. The van der Waals surface area contributed by atoms with E-state index in [1.807, 2.05) is 25.1 Å². The van der Waals surface area contributed by atoms with Crippen molar-refractivity contribution in [2.24, 2.45) is 0 Å². The lowest BCUT2D eigenvalue weighted by atomic mass is 10.2. The predicted molar refractivity (Wildman–Crippen MR) is 84.1 cm³/mol. The van der Waals surface area contributed by atoms with Gasteiger partial charge < -0.3 is 15.8 Å². The average molecular weight is 335 g/mol. The fourth-order valence-electron chi connectivity index (χ4n) is 1.72. The van der Waals surface area contributed by atoms with Gasteiger partial charge >= 0.3 is 0 Å². The van der Waals surface area contributed by atoms with E-state index in [1.54, 1.807) is 24.3 Å². The van der Waals surface area contributed by atoms with Gasteiger partial charge in [0.05, 0.1) is 6.61 Å². The van der Waals surface area contributed by atoms with Crippen LogP contribution in [0.4, 0.5) is 11.4 Å². The van der Waals surface area contributed by atoms with Crippen molar-refractivity contribution in [3.05, 3.63) is 52.5 Å². The minimum absolute atomic E-state index is 0.210. The van der Waals surface area contributed by atoms with Gasteiger partial charge in [-0.05, 0) is 53.2 Å². The number of hydrogen-bond donors (Lipinski definition) is 2. The molecule has 0 atom stereocenters. The van der Waals surface area contributed by atoms with Gasteiger partial charge in [-0.2, -0.15) is 0 Å². The summed E-state index contributed by atoms with van der Waals surface area (Å²) in [5.74, 6) is 0.512. The van der Waals surface area contributed by atoms with E-state index in [4.69, 9.17) is 10.5 Å². The van der Waals surface area contributed by atoms with Crippen LogP contribution in [0.5, 0.6) is 5.75 Å². The Morgan fingerprint density at radius 3 is 2.80 bits per heavy atom. The highest BCUT2D eigenvalue weighted by Gasteiger charge is 2.08. The Labute approximate surface area is 126 Å².